The molecule has 0 spiro atoms. The van der Waals surface area contributed by atoms with Crippen LogP contribution in [0.1, 0.15) is 23.5 Å². The van der Waals surface area contributed by atoms with Crippen LogP contribution in [0.4, 0.5) is 13.2 Å². The lowest BCUT2D eigenvalue weighted by Crippen LogP contribution is -2.04. The fourth-order valence-electron chi connectivity index (χ4n) is 3.03. The Morgan fingerprint density at radius 2 is 2.04 bits per heavy atom. The Kier molecular flexibility index (Phi) is 4.59. The average molecular weight is 436 g/mol. The molecule has 3 aromatic rings. The Morgan fingerprint density at radius 3 is 2.85 bits per heavy atom. The summed E-state index contributed by atoms with van der Waals surface area (Å²) in [6.07, 6.45) is 3.60. The Morgan fingerprint density at radius 1 is 1.19 bits per heavy atom. The van der Waals surface area contributed by atoms with Gasteiger partial charge in [-0.25, -0.2) is 4.98 Å². The molecule has 27 heavy (non-hydrogen) atoms. The van der Waals surface area contributed by atoms with Gasteiger partial charge in [-0.1, -0.05) is 6.08 Å². The Labute approximate surface area is 161 Å². The summed E-state index contributed by atoms with van der Waals surface area (Å²) >= 11 is 3.37. The molecule has 1 aromatic carbocycles. The summed E-state index contributed by atoms with van der Waals surface area (Å²) in [5, 5.41) is 0. The van der Waals surface area contributed by atoms with Crippen molar-refractivity contribution < 1.29 is 17.6 Å². The Bertz CT molecular complexity index is 1060. The first kappa shape index (κ1) is 17.9. The van der Waals surface area contributed by atoms with Crippen molar-refractivity contribution in [3.05, 3.63) is 59.9 Å². The van der Waals surface area contributed by atoms with Gasteiger partial charge >= 0.3 is 6.18 Å². The van der Waals surface area contributed by atoms with Crippen LogP contribution < -0.4 is 0 Å². The number of rotatable bonds is 2. The van der Waals surface area contributed by atoms with Crippen LogP contribution in [0, 0.1) is 0 Å². The van der Waals surface area contributed by atoms with Crippen LogP contribution in [0.25, 0.3) is 22.6 Å². The molecule has 1 unspecified atom stereocenters. The van der Waals surface area contributed by atoms with Gasteiger partial charge in [-0.05, 0) is 58.3 Å². The van der Waals surface area contributed by atoms with E-state index < -0.39 is 11.7 Å². The third kappa shape index (κ3) is 3.66. The van der Waals surface area contributed by atoms with Gasteiger partial charge in [0.05, 0.1) is 10.2 Å². The molecule has 1 atom stereocenters. The number of nitrogens with zero attached hydrogens (tertiary/aromatic N) is 3. The predicted molar refractivity (Wildman–Crippen MR) is 100.0 cm³/mol. The number of allylic oxidation sites excluding steroid dienone is 2. The molecule has 0 saturated heterocycles. The maximum Gasteiger partial charge on any atom is 0.416 e. The normalized spacial score (nSPS) is 17.8. The van der Waals surface area contributed by atoms with E-state index in [9.17, 15) is 13.2 Å². The molecular weight excluding hydrogens is 423 g/mol. The molecule has 4 rings (SSSR count). The molecule has 1 aliphatic rings. The molecule has 8 heteroatoms. The zero-order valence-electron chi connectivity index (χ0n) is 13.9. The monoisotopic (exact) mass is 435 g/mol. The van der Waals surface area contributed by atoms with E-state index in [1.807, 2.05) is 12.2 Å². The van der Waals surface area contributed by atoms with Gasteiger partial charge in [0.1, 0.15) is 5.52 Å². The molecular formula is C19H13BrF3N3O. The Hall–Kier alpha value is -2.48. The van der Waals surface area contributed by atoms with E-state index in [1.165, 1.54) is 6.07 Å². The number of oxazole rings is 1. The number of alkyl halides is 3. The molecule has 0 amide bonds. The highest BCUT2D eigenvalue weighted by molar-refractivity contribution is 9.18. The highest BCUT2D eigenvalue weighted by Crippen LogP contribution is 2.35. The van der Waals surface area contributed by atoms with Gasteiger partial charge in [0.2, 0.25) is 5.89 Å². The summed E-state index contributed by atoms with van der Waals surface area (Å²) in [5.41, 5.74) is 1.33. The summed E-state index contributed by atoms with van der Waals surface area (Å²) < 4.78 is 45.3. The zero-order valence-corrected chi connectivity index (χ0v) is 15.5. The number of aliphatic imine (C=N–C) groups is 1. The minimum Gasteiger partial charge on any atom is -0.436 e. The van der Waals surface area contributed by atoms with E-state index in [0.717, 1.165) is 28.7 Å². The van der Waals surface area contributed by atoms with E-state index in [1.54, 1.807) is 18.5 Å². The van der Waals surface area contributed by atoms with Crippen LogP contribution in [0.15, 0.2) is 58.2 Å². The van der Waals surface area contributed by atoms with Crippen molar-refractivity contribution in [1.29, 1.82) is 0 Å². The first-order valence-electron chi connectivity index (χ1n) is 8.20. The summed E-state index contributed by atoms with van der Waals surface area (Å²) in [6, 6.07) is 5.05. The summed E-state index contributed by atoms with van der Waals surface area (Å²) in [5.74, 6) is 0.346. The summed E-state index contributed by atoms with van der Waals surface area (Å²) in [6.45, 7) is 0.560. The van der Waals surface area contributed by atoms with E-state index in [2.05, 4.69) is 30.9 Å². The molecule has 138 valence electrons. The second kappa shape index (κ2) is 6.92. The maximum absolute atomic E-state index is 12.9. The largest absolute Gasteiger partial charge is 0.436 e. The smallest absolute Gasteiger partial charge is 0.416 e. The molecule has 0 radical (unpaired) electrons. The van der Waals surface area contributed by atoms with Crippen molar-refractivity contribution in [3.8, 4) is 11.5 Å². The molecule has 3 heterocycles. The second-order valence-electron chi connectivity index (χ2n) is 6.16. The quantitative estimate of drug-likeness (QED) is 0.515. The summed E-state index contributed by atoms with van der Waals surface area (Å²) in [4.78, 5) is 12.9. The number of benzene rings is 1. The fraction of sp³-hybridized carbons (Fsp3) is 0.211. The first-order chi connectivity index (χ1) is 12.9. The molecule has 0 saturated carbocycles. The molecule has 4 nitrogen and oxygen atoms in total. The second-order valence-corrected chi connectivity index (χ2v) is 6.97. The van der Waals surface area contributed by atoms with E-state index in [-0.39, 0.29) is 17.3 Å². The highest BCUT2D eigenvalue weighted by atomic mass is 79.9. The van der Waals surface area contributed by atoms with Gasteiger partial charge in [-0.2, -0.15) is 13.2 Å². The van der Waals surface area contributed by atoms with Crippen molar-refractivity contribution in [2.75, 3.05) is 6.54 Å². The highest BCUT2D eigenvalue weighted by Gasteiger charge is 2.31. The van der Waals surface area contributed by atoms with Crippen molar-refractivity contribution in [1.82, 2.24) is 9.97 Å². The van der Waals surface area contributed by atoms with E-state index >= 15 is 0 Å². The zero-order chi connectivity index (χ0) is 19.0. The molecule has 0 fully saturated rings. The predicted octanol–water partition coefficient (Wildman–Crippen LogP) is 5.75. The number of hydrogen-bond acceptors (Lipinski definition) is 4. The van der Waals surface area contributed by atoms with Crippen molar-refractivity contribution in [3.63, 3.8) is 0 Å². The molecule has 0 bridgehead atoms. The van der Waals surface area contributed by atoms with Crippen molar-refractivity contribution in [2.45, 2.75) is 18.5 Å². The molecule has 1 aliphatic heterocycles. The van der Waals surface area contributed by atoms with Gasteiger partial charge in [-0.15, -0.1) is 0 Å². The van der Waals surface area contributed by atoms with Crippen LogP contribution in [0.5, 0.6) is 0 Å². The van der Waals surface area contributed by atoms with Gasteiger partial charge < -0.3 is 4.42 Å². The Balaban J connectivity index is 1.77. The van der Waals surface area contributed by atoms with Crippen molar-refractivity contribution in [2.24, 2.45) is 4.99 Å². The number of fused-ring (bicyclic) bond motifs is 1. The van der Waals surface area contributed by atoms with E-state index in [0.29, 0.717) is 17.7 Å². The third-order valence-corrected chi connectivity index (χ3v) is 4.89. The molecule has 0 aliphatic carbocycles. The third-order valence-electron chi connectivity index (χ3n) is 4.38. The number of halogens is 4. The van der Waals surface area contributed by atoms with Crippen LogP contribution in [-0.4, -0.2) is 21.1 Å². The molecule has 0 N–H and O–H groups in total. The number of aromatic nitrogens is 2. The van der Waals surface area contributed by atoms with Gasteiger partial charge in [0.25, 0.3) is 0 Å². The number of hydrogen-bond donors (Lipinski definition) is 0. The standard InChI is InChI=1S/C19H13BrF3N3O/c20-17-3-1-2-11(9-25-17)14-10-24-7-6-13(14)18-26-15-8-12(19(21,22)23)4-5-16(15)27-18/h1,3-8,10-11H,2,9H2. The van der Waals surface area contributed by atoms with Gasteiger partial charge in [0.15, 0.2) is 5.58 Å². The van der Waals surface area contributed by atoms with Crippen LogP contribution in [0.3, 0.4) is 0 Å². The fourth-order valence-corrected chi connectivity index (χ4v) is 3.36. The van der Waals surface area contributed by atoms with E-state index in [4.69, 9.17) is 4.42 Å². The average Bonchev–Trinajstić information content (AvgIpc) is 2.95. The van der Waals surface area contributed by atoms with Crippen molar-refractivity contribution >= 4 is 31.7 Å². The van der Waals surface area contributed by atoms with Gasteiger partial charge in [-0.3, -0.25) is 9.98 Å². The lowest BCUT2D eigenvalue weighted by atomic mass is 9.93. The lowest BCUT2D eigenvalue weighted by Gasteiger charge is -2.14. The minimum atomic E-state index is -4.42. The lowest BCUT2D eigenvalue weighted by molar-refractivity contribution is -0.137. The van der Waals surface area contributed by atoms with Crippen LogP contribution in [-0.2, 0) is 6.18 Å². The minimum absolute atomic E-state index is 0.0701. The number of pyridine rings is 1. The SMILES string of the molecule is FC(F)(F)c1ccc2oc(-c3ccncc3C3CC=CC(Br)=NC3)nc2c1. The topological polar surface area (TPSA) is 51.3 Å². The summed E-state index contributed by atoms with van der Waals surface area (Å²) in [7, 11) is 0. The van der Waals surface area contributed by atoms with Gasteiger partial charge in [0, 0.05) is 30.4 Å². The molecule has 2 aromatic heterocycles. The first-order valence-corrected chi connectivity index (χ1v) is 8.99. The maximum atomic E-state index is 12.9. The van der Waals surface area contributed by atoms with Crippen LogP contribution >= 0.6 is 15.9 Å². The van der Waals surface area contributed by atoms with Crippen LogP contribution in [0.2, 0.25) is 0 Å².